The molecule has 1 amide bonds. The minimum absolute atomic E-state index is 0.0493. The van der Waals surface area contributed by atoms with E-state index in [0.717, 1.165) is 23.2 Å². The monoisotopic (exact) mass is 423 g/mol. The Labute approximate surface area is 185 Å². The summed E-state index contributed by atoms with van der Waals surface area (Å²) in [6.45, 7) is 1.89. The van der Waals surface area contributed by atoms with Crippen LogP contribution in [0.1, 0.15) is 30.2 Å². The number of fused-ring (bicyclic) bond motifs is 3. The van der Waals surface area contributed by atoms with E-state index >= 15 is 0 Å². The molecule has 2 aromatic heterocycles. The maximum atomic E-state index is 12.9. The Balaban J connectivity index is 1.67. The molecule has 1 N–H and O–H groups in total. The molecule has 0 spiro atoms. The lowest BCUT2D eigenvalue weighted by Crippen LogP contribution is -2.48. The first kappa shape index (κ1) is 19.9. The van der Waals surface area contributed by atoms with Gasteiger partial charge in [-0.15, -0.1) is 0 Å². The number of ketones is 1. The zero-order valence-electron chi connectivity index (χ0n) is 17.5. The van der Waals surface area contributed by atoms with Crippen LogP contribution in [0.3, 0.4) is 0 Å². The average Bonchev–Trinajstić information content (AvgIpc) is 3.28. The molecule has 0 saturated carbocycles. The average molecular weight is 423 g/mol. The van der Waals surface area contributed by atoms with Gasteiger partial charge in [-0.3, -0.25) is 9.78 Å². The molecule has 7 heteroatoms. The van der Waals surface area contributed by atoms with Gasteiger partial charge >= 0.3 is 6.03 Å². The molecule has 2 unspecified atom stereocenters. The number of Topliss-reactive ketones (excluding diaryl/α,β-unsaturated/α-hetero) is 1. The maximum Gasteiger partial charge on any atom is 0.346 e. The highest BCUT2D eigenvalue weighted by atomic mass is 16.2. The van der Waals surface area contributed by atoms with E-state index in [1.165, 1.54) is 4.68 Å². The highest BCUT2D eigenvalue weighted by Gasteiger charge is 2.53. The van der Waals surface area contributed by atoms with E-state index in [0.29, 0.717) is 12.1 Å². The number of pyridine rings is 1. The van der Waals surface area contributed by atoms with Crippen LogP contribution in [0.5, 0.6) is 0 Å². The van der Waals surface area contributed by atoms with E-state index in [2.05, 4.69) is 16.4 Å². The van der Waals surface area contributed by atoms with E-state index in [1.807, 2.05) is 37.3 Å². The van der Waals surface area contributed by atoms with Crippen LogP contribution < -0.4 is 5.32 Å². The second kappa shape index (κ2) is 7.57. The molecule has 0 saturated heterocycles. The maximum absolute atomic E-state index is 12.9. The van der Waals surface area contributed by atoms with Crippen molar-refractivity contribution in [1.29, 1.82) is 5.26 Å². The lowest BCUT2D eigenvalue weighted by molar-refractivity contribution is -0.121. The van der Waals surface area contributed by atoms with E-state index in [4.69, 9.17) is 5.10 Å². The SMILES string of the molecule is CC1C(=O)C(C#N)=C[C@]2(c3ccccc3)c3nn(C(=O)Nc4cccnc4)cc3CCC12. The lowest BCUT2D eigenvalue weighted by atomic mass is 9.54. The van der Waals surface area contributed by atoms with Crippen molar-refractivity contribution in [3.05, 3.63) is 89.5 Å². The summed E-state index contributed by atoms with van der Waals surface area (Å²) in [5.74, 6) is -0.495. The summed E-state index contributed by atoms with van der Waals surface area (Å²) in [6, 6.07) is 15.0. The number of anilines is 1. The van der Waals surface area contributed by atoms with Crippen molar-refractivity contribution in [3.8, 4) is 6.07 Å². The molecule has 2 aliphatic carbocycles. The summed E-state index contributed by atoms with van der Waals surface area (Å²) in [5, 5.41) is 17.2. The van der Waals surface area contributed by atoms with Gasteiger partial charge in [0.1, 0.15) is 6.07 Å². The largest absolute Gasteiger partial charge is 0.346 e. The van der Waals surface area contributed by atoms with Crippen molar-refractivity contribution >= 4 is 17.5 Å². The third-order valence-corrected chi connectivity index (χ3v) is 6.64. The summed E-state index contributed by atoms with van der Waals surface area (Å²) >= 11 is 0. The van der Waals surface area contributed by atoms with Gasteiger partial charge in [-0.2, -0.15) is 15.0 Å². The van der Waals surface area contributed by atoms with E-state index in [9.17, 15) is 14.9 Å². The quantitative estimate of drug-likeness (QED) is 0.674. The summed E-state index contributed by atoms with van der Waals surface area (Å²) in [4.78, 5) is 29.8. The lowest BCUT2D eigenvalue weighted by Gasteiger charge is -2.46. The zero-order chi connectivity index (χ0) is 22.3. The first-order valence-corrected chi connectivity index (χ1v) is 10.6. The van der Waals surface area contributed by atoms with Crippen LogP contribution in [0.2, 0.25) is 0 Å². The number of nitriles is 1. The smallest absolute Gasteiger partial charge is 0.305 e. The number of allylic oxidation sites excluding steroid dienone is 2. The van der Waals surface area contributed by atoms with Crippen molar-refractivity contribution in [2.75, 3.05) is 5.32 Å². The first-order valence-electron chi connectivity index (χ1n) is 10.6. The van der Waals surface area contributed by atoms with E-state index in [1.54, 1.807) is 36.8 Å². The Morgan fingerprint density at radius 3 is 2.78 bits per heavy atom. The Kier molecular flexibility index (Phi) is 4.71. The van der Waals surface area contributed by atoms with Crippen LogP contribution in [-0.2, 0) is 16.6 Å². The van der Waals surface area contributed by atoms with Gasteiger partial charge in [0, 0.05) is 18.3 Å². The van der Waals surface area contributed by atoms with Crippen LogP contribution >= 0.6 is 0 Å². The molecule has 0 fully saturated rings. The summed E-state index contributed by atoms with van der Waals surface area (Å²) < 4.78 is 1.31. The number of hydrogen-bond donors (Lipinski definition) is 1. The molecule has 0 aliphatic heterocycles. The molecular weight excluding hydrogens is 402 g/mol. The number of carbonyl (C=O) groups is 2. The second-order valence-corrected chi connectivity index (χ2v) is 8.32. The number of benzene rings is 1. The van der Waals surface area contributed by atoms with Gasteiger partial charge < -0.3 is 5.32 Å². The molecule has 2 aliphatic rings. The second-order valence-electron chi connectivity index (χ2n) is 8.32. The zero-order valence-corrected chi connectivity index (χ0v) is 17.5. The molecule has 3 aromatic rings. The number of aryl methyl sites for hydroxylation is 1. The van der Waals surface area contributed by atoms with Gasteiger partial charge in [-0.05, 0) is 48.1 Å². The summed E-state index contributed by atoms with van der Waals surface area (Å²) in [7, 11) is 0. The number of nitrogens with zero attached hydrogens (tertiary/aromatic N) is 4. The van der Waals surface area contributed by atoms with Crippen molar-refractivity contribution in [2.24, 2.45) is 11.8 Å². The van der Waals surface area contributed by atoms with Crippen molar-refractivity contribution in [3.63, 3.8) is 0 Å². The van der Waals surface area contributed by atoms with Crippen LogP contribution in [0.15, 0.2) is 72.7 Å². The first-order chi connectivity index (χ1) is 15.5. The highest BCUT2D eigenvalue weighted by Crippen LogP contribution is 2.53. The molecule has 2 heterocycles. The molecular formula is C25H21N5O2. The molecule has 0 bridgehead atoms. The molecule has 0 radical (unpaired) electrons. The molecule has 158 valence electrons. The topological polar surface area (TPSA) is 101 Å². The number of carbonyl (C=O) groups excluding carboxylic acids is 2. The molecule has 32 heavy (non-hydrogen) atoms. The van der Waals surface area contributed by atoms with Gasteiger partial charge in [-0.1, -0.05) is 37.3 Å². The molecule has 3 atom stereocenters. The fourth-order valence-corrected chi connectivity index (χ4v) is 5.16. The standard InChI is InChI=1S/C25H21N5O2/c1-16-21-10-9-17-15-30(24(32)28-20-8-5-11-27-14-20)29-23(17)25(21,12-18(13-26)22(16)31)19-6-3-2-4-7-19/h2-8,11-12,14-16,21H,9-10H2,1H3,(H,28,32)/t16?,21?,25-/m1/s1. The van der Waals surface area contributed by atoms with Gasteiger partial charge in [0.15, 0.2) is 5.78 Å². The van der Waals surface area contributed by atoms with Crippen LogP contribution in [-0.4, -0.2) is 26.6 Å². The Bertz CT molecular complexity index is 1270. The molecule has 5 rings (SSSR count). The summed E-state index contributed by atoms with van der Waals surface area (Å²) in [6.07, 6.45) is 8.21. The minimum Gasteiger partial charge on any atom is -0.305 e. The van der Waals surface area contributed by atoms with Gasteiger partial charge in [-0.25, -0.2) is 4.79 Å². The Morgan fingerprint density at radius 2 is 2.06 bits per heavy atom. The fourth-order valence-electron chi connectivity index (χ4n) is 5.16. The van der Waals surface area contributed by atoms with Crippen LogP contribution in [0, 0.1) is 23.2 Å². The Hall–Kier alpha value is -4.05. The van der Waals surface area contributed by atoms with Crippen LogP contribution in [0.4, 0.5) is 10.5 Å². The number of rotatable bonds is 2. The fraction of sp³-hybridized carbons (Fsp3) is 0.240. The van der Waals surface area contributed by atoms with E-state index in [-0.39, 0.29) is 23.2 Å². The van der Waals surface area contributed by atoms with E-state index < -0.39 is 11.4 Å². The number of amides is 1. The predicted octanol–water partition coefficient (Wildman–Crippen LogP) is 3.88. The third-order valence-electron chi connectivity index (χ3n) is 6.64. The number of aromatic nitrogens is 3. The Morgan fingerprint density at radius 1 is 1.25 bits per heavy atom. The van der Waals surface area contributed by atoms with Crippen LogP contribution in [0.25, 0.3) is 0 Å². The van der Waals surface area contributed by atoms with Gasteiger partial charge in [0.2, 0.25) is 0 Å². The van der Waals surface area contributed by atoms with Crippen molar-refractivity contribution in [1.82, 2.24) is 14.8 Å². The third kappa shape index (κ3) is 2.95. The normalized spacial score (nSPS) is 24.0. The summed E-state index contributed by atoms with van der Waals surface area (Å²) in [5.41, 5.74) is 2.63. The van der Waals surface area contributed by atoms with Crippen molar-refractivity contribution in [2.45, 2.75) is 25.2 Å². The van der Waals surface area contributed by atoms with Gasteiger partial charge in [0.25, 0.3) is 0 Å². The molecule has 7 nitrogen and oxygen atoms in total. The minimum atomic E-state index is -0.743. The predicted molar refractivity (Wildman–Crippen MR) is 118 cm³/mol. The molecule has 1 aromatic carbocycles. The highest BCUT2D eigenvalue weighted by molar-refractivity contribution is 6.02. The number of nitrogens with one attached hydrogen (secondary N) is 1. The number of hydrogen-bond acceptors (Lipinski definition) is 5. The van der Waals surface area contributed by atoms with Crippen molar-refractivity contribution < 1.29 is 9.59 Å². The van der Waals surface area contributed by atoms with Gasteiger partial charge in [0.05, 0.1) is 28.6 Å².